The predicted octanol–water partition coefficient (Wildman–Crippen LogP) is 1.77. The molecule has 3 nitrogen and oxygen atoms in total. The van der Waals surface area contributed by atoms with E-state index in [1.165, 1.54) is 11.8 Å². The van der Waals surface area contributed by atoms with Gasteiger partial charge in [0.15, 0.2) is 0 Å². The van der Waals surface area contributed by atoms with Gasteiger partial charge >= 0.3 is 6.18 Å². The van der Waals surface area contributed by atoms with Crippen LogP contribution in [-0.4, -0.2) is 35.9 Å². The van der Waals surface area contributed by atoms with Crippen molar-refractivity contribution >= 4 is 11.7 Å². The fourth-order valence-electron chi connectivity index (χ4n) is 1.78. The molecule has 1 fully saturated rings. The van der Waals surface area contributed by atoms with Crippen molar-refractivity contribution in [1.82, 2.24) is 4.90 Å². The van der Waals surface area contributed by atoms with E-state index in [9.17, 15) is 22.8 Å². The minimum absolute atomic E-state index is 0.0624. The van der Waals surface area contributed by atoms with Gasteiger partial charge in [-0.15, -0.1) is 0 Å². The van der Waals surface area contributed by atoms with Crippen molar-refractivity contribution in [2.75, 3.05) is 13.1 Å². The lowest BCUT2D eigenvalue weighted by molar-refractivity contribution is -0.186. The molecule has 0 aromatic heterocycles. The number of alkyl halides is 3. The van der Waals surface area contributed by atoms with Gasteiger partial charge in [-0.2, -0.15) is 13.2 Å². The van der Waals surface area contributed by atoms with Crippen LogP contribution in [0.4, 0.5) is 13.2 Å². The minimum Gasteiger partial charge on any atom is -0.342 e. The number of piperidine rings is 1. The van der Waals surface area contributed by atoms with Crippen molar-refractivity contribution in [3.05, 3.63) is 0 Å². The summed E-state index contributed by atoms with van der Waals surface area (Å²) in [6.45, 7) is 1.48. The fourth-order valence-corrected chi connectivity index (χ4v) is 1.78. The molecule has 0 aromatic rings. The first-order chi connectivity index (χ1) is 7.30. The highest BCUT2D eigenvalue weighted by Crippen LogP contribution is 2.34. The van der Waals surface area contributed by atoms with E-state index >= 15 is 0 Å². The van der Waals surface area contributed by atoms with Crippen molar-refractivity contribution in [2.24, 2.45) is 5.92 Å². The minimum atomic E-state index is -4.17. The van der Waals surface area contributed by atoms with E-state index in [0.29, 0.717) is 0 Å². The van der Waals surface area contributed by atoms with Crippen LogP contribution < -0.4 is 0 Å². The highest BCUT2D eigenvalue weighted by molar-refractivity contribution is 5.96. The molecule has 1 rings (SSSR count). The first-order valence-electron chi connectivity index (χ1n) is 5.14. The Morgan fingerprint density at radius 1 is 1.25 bits per heavy atom. The Bertz CT molecular complexity index is 280. The third-order valence-corrected chi connectivity index (χ3v) is 2.71. The third-order valence-electron chi connectivity index (χ3n) is 2.71. The van der Waals surface area contributed by atoms with Crippen LogP contribution in [0.15, 0.2) is 0 Å². The van der Waals surface area contributed by atoms with Crippen molar-refractivity contribution in [2.45, 2.75) is 32.4 Å². The summed E-state index contributed by atoms with van der Waals surface area (Å²) in [6.07, 6.45) is -4.51. The molecular formula is C10H14F3NO2. The normalized spacial score (nSPS) is 18.6. The monoisotopic (exact) mass is 237 g/mol. The summed E-state index contributed by atoms with van der Waals surface area (Å²) in [5, 5.41) is 0. The average Bonchev–Trinajstić information content (AvgIpc) is 2.15. The van der Waals surface area contributed by atoms with E-state index in [-0.39, 0.29) is 44.0 Å². The maximum atomic E-state index is 12.3. The fraction of sp³-hybridized carbons (Fsp3) is 0.800. The molecule has 0 N–H and O–H groups in total. The molecule has 0 atom stereocenters. The molecule has 1 saturated heterocycles. The topological polar surface area (TPSA) is 37.4 Å². The Balaban J connectivity index is 2.43. The van der Waals surface area contributed by atoms with Crippen LogP contribution >= 0.6 is 0 Å². The molecule has 0 aliphatic carbocycles. The third kappa shape index (κ3) is 3.50. The summed E-state index contributed by atoms with van der Waals surface area (Å²) < 4.78 is 37.0. The van der Waals surface area contributed by atoms with E-state index in [0.717, 1.165) is 0 Å². The van der Waals surface area contributed by atoms with Crippen LogP contribution in [0, 0.1) is 5.92 Å². The number of carbonyl (C=O) groups is 2. The van der Waals surface area contributed by atoms with Crippen LogP contribution in [0.25, 0.3) is 0 Å². The first kappa shape index (κ1) is 13.0. The van der Waals surface area contributed by atoms with Gasteiger partial charge in [0.1, 0.15) is 5.78 Å². The number of likely N-dealkylation sites (tertiary alicyclic amines) is 1. The number of hydrogen-bond acceptors (Lipinski definition) is 2. The Labute approximate surface area is 91.6 Å². The number of Topliss-reactive ketones (excluding diaryl/α,β-unsaturated/α-hetero) is 1. The molecule has 0 saturated carbocycles. The van der Waals surface area contributed by atoms with Crippen molar-refractivity contribution in [3.63, 3.8) is 0 Å². The lowest BCUT2D eigenvalue weighted by Gasteiger charge is -2.32. The summed E-state index contributed by atoms with van der Waals surface area (Å²) in [4.78, 5) is 23.4. The number of hydrogen-bond donors (Lipinski definition) is 0. The smallest absolute Gasteiger partial charge is 0.342 e. The summed E-state index contributed by atoms with van der Waals surface area (Å²) in [6, 6.07) is 0. The van der Waals surface area contributed by atoms with Crippen molar-refractivity contribution in [1.29, 1.82) is 0 Å². The summed E-state index contributed by atoms with van der Waals surface area (Å²) in [7, 11) is 0. The van der Waals surface area contributed by atoms with Gasteiger partial charge in [0.2, 0.25) is 5.91 Å². The molecule has 1 amide bonds. The first-order valence-corrected chi connectivity index (χ1v) is 5.14. The molecule has 92 valence electrons. The van der Waals surface area contributed by atoms with E-state index in [2.05, 4.69) is 0 Å². The lowest BCUT2D eigenvalue weighted by atomic mass is 9.96. The van der Waals surface area contributed by atoms with Gasteiger partial charge in [-0.3, -0.25) is 9.59 Å². The van der Waals surface area contributed by atoms with Crippen molar-refractivity contribution < 1.29 is 22.8 Å². The maximum Gasteiger partial charge on any atom is 0.391 e. The van der Waals surface area contributed by atoms with Crippen LogP contribution in [0.2, 0.25) is 0 Å². The molecule has 0 bridgehead atoms. The van der Waals surface area contributed by atoms with Gasteiger partial charge in [-0.25, -0.2) is 0 Å². The van der Waals surface area contributed by atoms with Crippen LogP contribution in [0.3, 0.4) is 0 Å². The highest BCUT2D eigenvalue weighted by Gasteiger charge is 2.41. The Hall–Kier alpha value is -1.07. The van der Waals surface area contributed by atoms with Gasteiger partial charge in [0.25, 0.3) is 0 Å². The lowest BCUT2D eigenvalue weighted by Crippen LogP contribution is -2.42. The summed E-state index contributed by atoms with van der Waals surface area (Å²) in [5.74, 6) is -1.94. The molecule has 1 aliphatic rings. The van der Waals surface area contributed by atoms with Crippen LogP contribution in [-0.2, 0) is 9.59 Å². The Morgan fingerprint density at radius 2 is 1.75 bits per heavy atom. The van der Waals surface area contributed by atoms with E-state index in [1.807, 2.05) is 0 Å². The van der Waals surface area contributed by atoms with Crippen LogP contribution in [0.1, 0.15) is 26.2 Å². The molecule has 0 aromatic carbocycles. The maximum absolute atomic E-state index is 12.3. The van der Waals surface area contributed by atoms with Gasteiger partial charge in [-0.1, -0.05) is 0 Å². The van der Waals surface area contributed by atoms with E-state index in [1.54, 1.807) is 0 Å². The summed E-state index contributed by atoms with van der Waals surface area (Å²) in [5.41, 5.74) is 0. The zero-order valence-corrected chi connectivity index (χ0v) is 9.01. The zero-order valence-electron chi connectivity index (χ0n) is 9.01. The molecule has 16 heavy (non-hydrogen) atoms. The molecule has 1 heterocycles. The molecule has 6 heteroatoms. The van der Waals surface area contributed by atoms with Gasteiger partial charge < -0.3 is 4.90 Å². The number of rotatable bonds is 2. The quantitative estimate of drug-likeness (QED) is 0.686. The highest BCUT2D eigenvalue weighted by atomic mass is 19.4. The standard InChI is InChI=1S/C10H14F3NO2/c1-7(15)6-9(16)14-4-2-8(3-5-14)10(11,12)13/h8H,2-6H2,1H3. The number of nitrogens with zero attached hydrogens (tertiary/aromatic N) is 1. The van der Waals surface area contributed by atoms with Gasteiger partial charge in [0, 0.05) is 13.1 Å². The largest absolute Gasteiger partial charge is 0.391 e. The number of carbonyl (C=O) groups excluding carboxylic acids is 2. The molecule has 0 radical (unpaired) electrons. The molecule has 1 aliphatic heterocycles. The Morgan fingerprint density at radius 3 is 2.12 bits per heavy atom. The molecule has 0 unspecified atom stereocenters. The predicted molar refractivity (Wildman–Crippen MR) is 50.7 cm³/mol. The zero-order chi connectivity index (χ0) is 12.3. The van der Waals surface area contributed by atoms with Gasteiger partial charge in [0.05, 0.1) is 12.3 Å². The second-order valence-corrected chi connectivity index (χ2v) is 4.08. The Kier molecular flexibility index (Phi) is 3.93. The SMILES string of the molecule is CC(=O)CC(=O)N1CCC(C(F)(F)F)CC1. The number of halogens is 3. The second kappa shape index (κ2) is 4.84. The molecule has 0 spiro atoms. The van der Waals surface area contributed by atoms with Crippen LogP contribution in [0.5, 0.6) is 0 Å². The molecular weight excluding hydrogens is 223 g/mol. The second-order valence-electron chi connectivity index (χ2n) is 4.08. The number of ketones is 1. The van der Waals surface area contributed by atoms with E-state index in [4.69, 9.17) is 0 Å². The average molecular weight is 237 g/mol. The van der Waals surface area contributed by atoms with Gasteiger partial charge in [-0.05, 0) is 19.8 Å². The summed E-state index contributed by atoms with van der Waals surface area (Å²) >= 11 is 0. The van der Waals surface area contributed by atoms with Crippen molar-refractivity contribution in [3.8, 4) is 0 Å². The van der Waals surface area contributed by atoms with E-state index < -0.39 is 12.1 Å². The number of amides is 1.